The standard InChI is InChI=1S/C12H10O.C8H11N/c13-12-8-6-11(7-9-12)10-4-2-1-3-5-10;1-2-9-8-6-4-3-5-7-8/h1-9,13H;3-7,9H,2H2,1H3. The molecule has 0 heterocycles. The van der Waals surface area contributed by atoms with Crippen molar-refractivity contribution in [3.8, 4) is 16.9 Å². The average Bonchev–Trinajstić information content (AvgIpc) is 2.58. The Morgan fingerprint density at radius 2 is 1.18 bits per heavy atom. The van der Waals surface area contributed by atoms with Gasteiger partial charge in [-0.15, -0.1) is 0 Å². The van der Waals surface area contributed by atoms with Gasteiger partial charge in [0.2, 0.25) is 0 Å². The van der Waals surface area contributed by atoms with Crippen LogP contribution in [0.1, 0.15) is 6.92 Å². The van der Waals surface area contributed by atoms with E-state index in [4.69, 9.17) is 5.11 Å². The Morgan fingerprint density at radius 1 is 0.682 bits per heavy atom. The minimum atomic E-state index is 0.305. The lowest BCUT2D eigenvalue weighted by molar-refractivity contribution is 0.475. The van der Waals surface area contributed by atoms with E-state index in [1.54, 1.807) is 12.1 Å². The smallest absolute Gasteiger partial charge is 0.115 e. The first kappa shape index (κ1) is 15.6. The molecule has 0 spiro atoms. The van der Waals surface area contributed by atoms with Gasteiger partial charge in [0.25, 0.3) is 0 Å². The van der Waals surface area contributed by atoms with E-state index in [1.165, 1.54) is 11.3 Å². The van der Waals surface area contributed by atoms with E-state index in [9.17, 15) is 0 Å². The molecule has 0 atom stereocenters. The highest BCUT2D eigenvalue weighted by molar-refractivity contribution is 5.63. The van der Waals surface area contributed by atoms with Gasteiger partial charge in [0.1, 0.15) is 5.75 Å². The minimum absolute atomic E-state index is 0.305. The van der Waals surface area contributed by atoms with Crippen LogP contribution in [0.25, 0.3) is 11.1 Å². The lowest BCUT2D eigenvalue weighted by Crippen LogP contribution is -1.94. The lowest BCUT2D eigenvalue weighted by Gasteiger charge is -2.00. The zero-order valence-electron chi connectivity index (χ0n) is 12.7. The van der Waals surface area contributed by atoms with Gasteiger partial charge in [-0.25, -0.2) is 0 Å². The van der Waals surface area contributed by atoms with Gasteiger partial charge < -0.3 is 10.4 Å². The molecule has 0 radical (unpaired) electrons. The number of phenols is 1. The summed E-state index contributed by atoms with van der Waals surface area (Å²) in [4.78, 5) is 0. The summed E-state index contributed by atoms with van der Waals surface area (Å²) in [5.74, 6) is 0.305. The number of aromatic hydroxyl groups is 1. The molecule has 2 N–H and O–H groups in total. The van der Waals surface area contributed by atoms with E-state index < -0.39 is 0 Å². The lowest BCUT2D eigenvalue weighted by atomic mass is 10.1. The molecule has 0 saturated heterocycles. The first-order valence-electron chi connectivity index (χ1n) is 7.43. The predicted octanol–water partition coefficient (Wildman–Crippen LogP) is 5.18. The molecular weight excluding hydrogens is 270 g/mol. The van der Waals surface area contributed by atoms with Crippen molar-refractivity contribution in [2.75, 3.05) is 11.9 Å². The third-order valence-corrected chi connectivity index (χ3v) is 3.13. The Hall–Kier alpha value is -2.74. The number of nitrogens with one attached hydrogen (secondary N) is 1. The molecule has 3 rings (SSSR count). The van der Waals surface area contributed by atoms with Crippen molar-refractivity contribution in [2.24, 2.45) is 0 Å². The molecular formula is C20H21NO. The maximum absolute atomic E-state index is 9.10. The van der Waals surface area contributed by atoms with Gasteiger partial charge in [-0.05, 0) is 42.3 Å². The van der Waals surface area contributed by atoms with Crippen molar-refractivity contribution in [1.82, 2.24) is 0 Å². The molecule has 0 fully saturated rings. The van der Waals surface area contributed by atoms with Crippen LogP contribution in [-0.2, 0) is 0 Å². The van der Waals surface area contributed by atoms with E-state index in [0.717, 1.165) is 12.1 Å². The molecule has 3 aromatic carbocycles. The summed E-state index contributed by atoms with van der Waals surface area (Å²) in [7, 11) is 0. The van der Waals surface area contributed by atoms with Crippen molar-refractivity contribution < 1.29 is 5.11 Å². The van der Waals surface area contributed by atoms with Gasteiger partial charge in [-0.1, -0.05) is 60.7 Å². The highest BCUT2D eigenvalue weighted by Gasteiger charge is 1.94. The second-order valence-corrected chi connectivity index (χ2v) is 4.81. The zero-order valence-corrected chi connectivity index (χ0v) is 12.7. The molecule has 112 valence electrons. The van der Waals surface area contributed by atoms with E-state index in [2.05, 4.69) is 24.4 Å². The van der Waals surface area contributed by atoms with Crippen molar-refractivity contribution in [2.45, 2.75) is 6.92 Å². The normalized spacial score (nSPS) is 9.50. The van der Waals surface area contributed by atoms with Crippen molar-refractivity contribution in [3.05, 3.63) is 84.9 Å². The number of phenolic OH excluding ortho intramolecular Hbond substituents is 1. The van der Waals surface area contributed by atoms with Crippen LogP contribution in [0.15, 0.2) is 84.9 Å². The van der Waals surface area contributed by atoms with E-state index in [-0.39, 0.29) is 0 Å². The van der Waals surface area contributed by atoms with Gasteiger partial charge in [0.05, 0.1) is 0 Å². The van der Waals surface area contributed by atoms with Gasteiger partial charge >= 0.3 is 0 Å². The quantitative estimate of drug-likeness (QED) is 0.697. The highest BCUT2D eigenvalue weighted by Crippen LogP contribution is 2.20. The summed E-state index contributed by atoms with van der Waals surface area (Å²) in [5.41, 5.74) is 3.49. The molecule has 3 aromatic rings. The Balaban J connectivity index is 0.000000172. The largest absolute Gasteiger partial charge is 0.508 e. The zero-order chi connectivity index (χ0) is 15.6. The monoisotopic (exact) mass is 291 g/mol. The van der Waals surface area contributed by atoms with Crippen LogP contribution >= 0.6 is 0 Å². The molecule has 0 aliphatic heterocycles. The Kier molecular flexibility index (Phi) is 6.06. The summed E-state index contributed by atoms with van der Waals surface area (Å²) >= 11 is 0. The number of rotatable bonds is 3. The fraction of sp³-hybridized carbons (Fsp3) is 0.100. The number of hydrogen-bond acceptors (Lipinski definition) is 2. The maximum atomic E-state index is 9.10. The molecule has 0 saturated carbocycles. The van der Waals surface area contributed by atoms with Gasteiger partial charge in [-0.2, -0.15) is 0 Å². The SMILES string of the molecule is CCNc1ccccc1.Oc1ccc(-c2ccccc2)cc1. The van der Waals surface area contributed by atoms with E-state index in [0.29, 0.717) is 5.75 Å². The third-order valence-electron chi connectivity index (χ3n) is 3.13. The summed E-state index contributed by atoms with van der Waals surface area (Å²) in [6, 6.07) is 27.5. The molecule has 0 aromatic heterocycles. The number of hydrogen-bond donors (Lipinski definition) is 2. The first-order chi connectivity index (χ1) is 10.8. The average molecular weight is 291 g/mol. The summed E-state index contributed by atoms with van der Waals surface area (Å²) in [6.07, 6.45) is 0. The number of para-hydroxylation sites is 1. The summed E-state index contributed by atoms with van der Waals surface area (Å²) in [5, 5.41) is 12.3. The van der Waals surface area contributed by atoms with Crippen LogP contribution in [0.5, 0.6) is 5.75 Å². The molecule has 0 bridgehead atoms. The fourth-order valence-electron chi connectivity index (χ4n) is 2.04. The van der Waals surface area contributed by atoms with Gasteiger partial charge in [0.15, 0.2) is 0 Å². The van der Waals surface area contributed by atoms with Crippen LogP contribution in [0, 0.1) is 0 Å². The maximum Gasteiger partial charge on any atom is 0.115 e. The van der Waals surface area contributed by atoms with Crippen molar-refractivity contribution >= 4 is 5.69 Å². The minimum Gasteiger partial charge on any atom is -0.508 e. The highest BCUT2D eigenvalue weighted by atomic mass is 16.3. The number of anilines is 1. The molecule has 0 aliphatic carbocycles. The topological polar surface area (TPSA) is 32.3 Å². The number of benzene rings is 3. The van der Waals surface area contributed by atoms with Gasteiger partial charge in [-0.3, -0.25) is 0 Å². The summed E-state index contributed by atoms with van der Waals surface area (Å²) < 4.78 is 0. The second-order valence-electron chi connectivity index (χ2n) is 4.81. The first-order valence-corrected chi connectivity index (χ1v) is 7.43. The molecule has 0 aliphatic rings. The Bertz CT molecular complexity index is 648. The predicted molar refractivity (Wildman–Crippen MR) is 94.1 cm³/mol. The summed E-state index contributed by atoms with van der Waals surface area (Å²) in [6.45, 7) is 3.08. The molecule has 0 unspecified atom stereocenters. The molecule has 22 heavy (non-hydrogen) atoms. The van der Waals surface area contributed by atoms with E-state index in [1.807, 2.05) is 60.7 Å². The fourth-order valence-corrected chi connectivity index (χ4v) is 2.04. The van der Waals surface area contributed by atoms with Gasteiger partial charge in [0, 0.05) is 12.2 Å². The van der Waals surface area contributed by atoms with Crippen LogP contribution in [-0.4, -0.2) is 11.7 Å². The van der Waals surface area contributed by atoms with Crippen LogP contribution in [0.3, 0.4) is 0 Å². The van der Waals surface area contributed by atoms with Crippen LogP contribution in [0.4, 0.5) is 5.69 Å². The third kappa shape index (κ3) is 4.98. The van der Waals surface area contributed by atoms with Crippen LogP contribution in [0.2, 0.25) is 0 Å². The van der Waals surface area contributed by atoms with Crippen molar-refractivity contribution in [1.29, 1.82) is 0 Å². The Labute approximate surface area is 132 Å². The second kappa shape index (κ2) is 8.53. The van der Waals surface area contributed by atoms with E-state index >= 15 is 0 Å². The van der Waals surface area contributed by atoms with Crippen LogP contribution < -0.4 is 5.32 Å². The van der Waals surface area contributed by atoms with Crippen molar-refractivity contribution in [3.63, 3.8) is 0 Å². The Morgan fingerprint density at radius 3 is 1.73 bits per heavy atom. The molecule has 0 amide bonds. The molecule has 2 nitrogen and oxygen atoms in total. The molecule has 2 heteroatoms.